The van der Waals surface area contributed by atoms with Crippen LogP contribution in [0.15, 0.2) is 18.3 Å². The number of H-pyrrole nitrogens is 1. The Bertz CT molecular complexity index is 717. The van der Waals surface area contributed by atoms with Gasteiger partial charge in [0.05, 0.1) is 24.6 Å². The van der Waals surface area contributed by atoms with Crippen molar-refractivity contribution >= 4 is 5.97 Å². The predicted octanol–water partition coefficient (Wildman–Crippen LogP) is 3.59. The van der Waals surface area contributed by atoms with Crippen LogP contribution >= 0.6 is 0 Å². The highest BCUT2D eigenvalue weighted by Crippen LogP contribution is 2.42. The van der Waals surface area contributed by atoms with Gasteiger partial charge in [0, 0.05) is 12.7 Å². The number of aromatic nitrogens is 2. The molecule has 1 aromatic carbocycles. The lowest BCUT2D eigenvalue weighted by atomic mass is 9.76. The van der Waals surface area contributed by atoms with Crippen LogP contribution in [0.3, 0.4) is 0 Å². The van der Waals surface area contributed by atoms with Gasteiger partial charge in [0.25, 0.3) is 0 Å². The Morgan fingerprint density at radius 3 is 2.74 bits per heavy atom. The minimum atomic E-state index is -0.305. The van der Waals surface area contributed by atoms with Crippen LogP contribution in [0.5, 0.6) is 0 Å². The fraction of sp³-hybridized carbons (Fsp3) is 0.444. The summed E-state index contributed by atoms with van der Waals surface area (Å²) >= 11 is 0. The van der Waals surface area contributed by atoms with Gasteiger partial charge in [0.2, 0.25) is 0 Å². The number of benzene rings is 1. The molecule has 0 radical (unpaired) electrons. The van der Waals surface area contributed by atoms with Gasteiger partial charge in [0.1, 0.15) is 12.4 Å². The molecule has 1 heterocycles. The second-order valence-electron chi connectivity index (χ2n) is 6.05. The molecule has 1 aliphatic rings. The Morgan fingerprint density at radius 1 is 1.35 bits per heavy atom. The predicted molar refractivity (Wildman–Crippen MR) is 87.4 cm³/mol. The maximum atomic E-state index is 12.0. The first-order valence-electron chi connectivity index (χ1n) is 7.90. The van der Waals surface area contributed by atoms with E-state index in [0.29, 0.717) is 18.1 Å². The third kappa shape index (κ3) is 3.01. The van der Waals surface area contributed by atoms with Gasteiger partial charge in [-0.2, -0.15) is 0 Å². The Morgan fingerprint density at radius 2 is 2.13 bits per heavy atom. The monoisotopic (exact) mass is 314 g/mol. The maximum Gasteiger partial charge on any atom is 0.338 e. The van der Waals surface area contributed by atoms with E-state index in [0.717, 1.165) is 22.6 Å². The van der Waals surface area contributed by atoms with Crippen molar-refractivity contribution in [2.45, 2.75) is 38.7 Å². The van der Waals surface area contributed by atoms with E-state index in [1.165, 1.54) is 31.9 Å². The van der Waals surface area contributed by atoms with Crippen molar-refractivity contribution in [2.24, 2.45) is 0 Å². The van der Waals surface area contributed by atoms with E-state index >= 15 is 0 Å². The normalized spacial score (nSPS) is 14.6. The quantitative estimate of drug-likeness (QED) is 0.857. The molecule has 0 amide bonds. The lowest BCUT2D eigenvalue weighted by molar-refractivity contribution is 0.0600. The molecule has 3 rings (SSSR count). The standard InChI is InChI=1S/C18H22N2O3/c1-11-7-14(12-5-4-6-12)15(8-13(11)18(21)23-3)16-9-19-17(20-16)10-22-2/h7-9,12H,4-6,10H2,1-3H3,(H,19,20). The van der Waals surface area contributed by atoms with Gasteiger partial charge in [-0.15, -0.1) is 0 Å². The minimum absolute atomic E-state index is 0.305. The molecule has 1 aliphatic carbocycles. The third-order valence-corrected chi connectivity index (χ3v) is 4.55. The highest BCUT2D eigenvalue weighted by atomic mass is 16.5. The van der Waals surface area contributed by atoms with Crippen LogP contribution in [0.4, 0.5) is 0 Å². The summed E-state index contributed by atoms with van der Waals surface area (Å²) in [5.74, 6) is 1.03. The summed E-state index contributed by atoms with van der Waals surface area (Å²) < 4.78 is 10.0. The Labute approximate surface area is 136 Å². The second kappa shape index (κ2) is 6.54. The topological polar surface area (TPSA) is 64.2 Å². The van der Waals surface area contributed by atoms with E-state index in [-0.39, 0.29) is 5.97 Å². The zero-order valence-electron chi connectivity index (χ0n) is 13.8. The first-order valence-corrected chi connectivity index (χ1v) is 7.90. The summed E-state index contributed by atoms with van der Waals surface area (Å²) in [6.07, 6.45) is 5.47. The first-order chi connectivity index (χ1) is 11.1. The zero-order chi connectivity index (χ0) is 16.4. The van der Waals surface area contributed by atoms with Crippen molar-refractivity contribution < 1.29 is 14.3 Å². The molecular formula is C18H22N2O3. The van der Waals surface area contributed by atoms with Crippen LogP contribution in [-0.4, -0.2) is 30.2 Å². The summed E-state index contributed by atoms with van der Waals surface area (Å²) in [6, 6.07) is 4.06. The number of nitrogens with zero attached hydrogens (tertiary/aromatic N) is 1. The van der Waals surface area contributed by atoms with Crippen molar-refractivity contribution in [2.75, 3.05) is 14.2 Å². The van der Waals surface area contributed by atoms with E-state index in [4.69, 9.17) is 9.47 Å². The Kier molecular flexibility index (Phi) is 4.48. The number of nitrogens with one attached hydrogen (secondary N) is 1. The van der Waals surface area contributed by atoms with Gasteiger partial charge in [0.15, 0.2) is 0 Å². The number of hydrogen-bond acceptors (Lipinski definition) is 4. The number of imidazole rings is 1. The van der Waals surface area contributed by atoms with Gasteiger partial charge in [-0.05, 0) is 42.9 Å². The summed E-state index contributed by atoms with van der Waals surface area (Å²) in [7, 11) is 3.05. The highest BCUT2D eigenvalue weighted by molar-refractivity contribution is 5.93. The molecule has 1 saturated carbocycles. The Balaban J connectivity index is 2.08. The molecule has 0 unspecified atom stereocenters. The van der Waals surface area contributed by atoms with Gasteiger partial charge >= 0.3 is 5.97 Å². The van der Waals surface area contributed by atoms with Gasteiger partial charge in [-0.3, -0.25) is 0 Å². The summed E-state index contributed by atoms with van der Waals surface area (Å²) in [5, 5.41) is 0. The summed E-state index contributed by atoms with van der Waals surface area (Å²) in [4.78, 5) is 19.7. The third-order valence-electron chi connectivity index (χ3n) is 4.55. The van der Waals surface area contributed by atoms with Gasteiger partial charge in [-0.1, -0.05) is 12.5 Å². The van der Waals surface area contributed by atoms with Crippen LogP contribution in [0.2, 0.25) is 0 Å². The zero-order valence-corrected chi connectivity index (χ0v) is 13.8. The number of methoxy groups -OCH3 is 2. The average Bonchev–Trinajstić information content (AvgIpc) is 2.94. The van der Waals surface area contributed by atoms with Gasteiger partial charge < -0.3 is 14.5 Å². The second-order valence-corrected chi connectivity index (χ2v) is 6.05. The molecule has 0 spiro atoms. The Hall–Kier alpha value is -2.14. The van der Waals surface area contributed by atoms with Crippen molar-refractivity contribution in [3.05, 3.63) is 40.8 Å². The molecule has 5 heteroatoms. The van der Waals surface area contributed by atoms with Crippen molar-refractivity contribution in [3.63, 3.8) is 0 Å². The van der Waals surface area contributed by atoms with Crippen molar-refractivity contribution in [1.82, 2.24) is 9.97 Å². The van der Waals surface area contributed by atoms with Crippen LogP contribution < -0.4 is 0 Å². The fourth-order valence-electron chi connectivity index (χ4n) is 3.06. The average molecular weight is 314 g/mol. The number of carbonyl (C=O) groups is 1. The van der Waals surface area contributed by atoms with E-state index in [9.17, 15) is 4.79 Å². The van der Waals surface area contributed by atoms with E-state index in [2.05, 4.69) is 16.0 Å². The molecular weight excluding hydrogens is 292 g/mol. The maximum absolute atomic E-state index is 12.0. The summed E-state index contributed by atoms with van der Waals surface area (Å²) in [6.45, 7) is 2.40. The van der Waals surface area contributed by atoms with Gasteiger partial charge in [-0.25, -0.2) is 9.78 Å². The fourth-order valence-corrected chi connectivity index (χ4v) is 3.06. The molecule has 23 heavy (non-hydrogen) atoms. The molecule has 1 fully saturated rings. The molecule has 2 aromatic rings. The number of aryl methyl sites for hydroxylation is 1. The SMILES string of the molecule is COCc1ncc(-c2cc(C(=O)OC)c(C)cc2C2CCC2)[nH]1. The number of rotatable bonds is 5. The van der Waals surface area contributed by atoms with E-state index < -0.39 is 0 Å². The number of carbonyl (C=O) groups excluding carboxylic acids is 1. The number of ether oxygens (including phenoxy) is 2. The number of esters is 1. The van der Waals surface area contributed by atoms with Crippen LogP contribution in [-0.2, 0) is 16.1 Å². The minimum Gasteiger partial charge on any atom is -0.465 e. The molecule has 0 bridgehead atoms. The number of hydrogen-bond donors (Lipinski definition) is 1. The van der Waals surface area contributed by atoms with Crippen LogP contribution in [0.1, 0.15) is 52.5 Å². The molecule has 0 saturated heterocycles. The molecule has 122 valence electrons. The molecule has 1 aromatic heterocycles. The number of aromatic amines is 1. The highest BCUT2D eigenvalue weighted by Gasteiger charge is 2.25. The molecule has 0 atom stereocenters. The molecule has 0 aliphatic heterocycles. The van der Waals surface area contributed by atoms with Crippen molar-refractivity contribution in [1.29, 1.82) is 0 Å². The van der Waals surface area contributed by atoms with Crippen LogP contribution in [0, 0.1) is 6.92 Å². The summed E-state index contributed by atoms with van der Waals surface area (Å²) in [5.41, 5.74) is 4.81. The van der Waals surface area contributed by atoms with Crippen LogP contribution in [0.25, 0.3) is 11.3 Å². The molecule has 1 N–H and O–H groups in total. The smallest absolute Gasteiger partial charge is 0.338 e. The lowest BCUT2D eigenvalue weighted by Crippen LogP contribution is -2.12. The largest absolute Gasteiger partial charge is 0.465 e. The van der Waals surface area contributed by atoms with E-state index in [1.54, 1.807) is 7.11 Å². The van der Waals surface area contributed by atoms with Crippen molar-refractivity contribution in [3.8, 4) is 11.3 Å². The van der Waals surface area contributed by atoms with E-state index in [1.807, 2.05) is 19.2 Å². The lowest BCUT2D eigenvalue weighted by Gasteiger charge is -2.28. The first kappa shape index (κ1) is 15.7. The molecule has 5 nitrogen and oxygen atoms in total.